The monoisotopic (exact) mass is 1310 g/mol. The van der Waals surface area contributed by atoms with Crippen molar-refractivity contribution >= 4 is 86.6 Å². The fraction of sp³-hybridized carbons (Fsp3) is 0.128. The van der Waals surface area contributed by atoms with E-state index in [1.165, 1.54) is 110 Å². The van der Waals surface area contributed by atoms with Crippen LogP contribution >= 0.6 is 0 Å². The van der Waals surface area contributed by atoms with E-state index in [0.717, 1.165) is 25.7 Å². The van der Waals surface area contributed by atoms with Gasteiger partial charge in [-0.3, -0.25) is 24.3 Å². The normalized spacial score (nSPS) is 13.5. The number of benzene rings is 10. The molecule has 0 nitrogen and oxygen atoms in total. The van der Waals surface area contributed by atoms with Crippen LogP contribution < -0.4 is 35.2 Å². The van der Waals surface area contributed by atoms with E-state index >= 15 is 0 Å². The number of halogens is 2. The average molecular weight is 1310 g/mol. The average Bonchev–Trinajstić information content (AvgIpc) is 4.48. The van der Waals surface area contributed by atoms with Crippen molar-refractivity contribution in [3.63, 3.8) is 0 Å². The van der Waals surface area contributed by atoms with Crippen LogP contribution in [0.4, 0.5) is 0 Å². The maximum atomic E-state index is 3.36. The van der Waals surface area contributed by atoms with Gasteiger partial charge >= 0.3 is 142 Å². The molecule has 0 aromatic heterocycles. The standard InChI is InChI=1S/4C16H13.2C7H8Si.2ClH.2Zr/c4*1-12-9-10-14(11-12)16-8-4-6-13-5-2-3-7-15(13)16;2*1-8-7-5-3-2-4-6-7;;;;/h4*2-8,11H,10H2,1H3;2*2-6H,1H3;2*1H;;/q4*-1;;;;;2*+2/p-2. The Kier molecular flexibility index (Phi) is 25.7. The molecule has 0 heterocycles. The molecule has 4 aliphatic rings. The van der Waals surface area contributed by atoms with Crippen LogP contribution in [0.1, 0.15) is 75.6 Å². The van der Waals surface area contributed by atoms with Crippen molar-refractivity contribution < 1.29 is 71.5 Å². The maximum Gasteiger partial charge on any atom is -1.00 e. The van der Waals surface area contributed by atoms with Gasteiger partial charge in [0.25, 0.3) is 0 Å². The Hall–Kier alpha value is -6.06. The fourth-order valence-corrected chi connectivity index (χ4v) is 14.3. The van der Waals surface area contributed by atoms with Crippen molar-refractivity contribution in [2.75, 3.05) is 0 Å². The molecule has 0 spiro atoms. The van der Waals surface area contributed by atoms with Gasteiger partial charge in [0.2, 0.25) is 0 Å². The third kappa shape index (κ3) is 18.0. The molecule has 0 radical (unpaired) electrons. The third-order valence-electron chi connectivity index (χ3n) is 14.7. The van der Waals surface area contributed by atoms with Crippen LogP contribution in [0, 0.1) is 24.3 Å². The molecule has 0 aliphatic heterocycles. The molecule has 10 aromatic rings. The summed E-state index contributed by atoms with van der Waals surface area (Å²) in [5.74, 6) is 0. The molecular formula is C78H68Cl2Si2Zr2-2. The van der Waals surface area contributed by atoms with Crippen molar-refractivity contribution in [2.45, 2.75) is 66.5 Å². The molecule has 0 fully saturated rings. The Labute approximate surface area is 542 Å². The molecule has 0 N–H and O–H groups in total. The van der Waals surface area contributed by atoms with Crippen LogP contribution in [0.15, 0.2) is 277 Å². The van der Waals surface area contributed by atoms with E-state index in [1.807, 2.05) is 0 Å². The second-order valence-corrected chi connectivity index (χ2v) is 35.6. The number of rotatable bonds is 6. The van der Waals surface area contributed by atoms with Crippen LogP contribution in [-0.2, 0) is 46.7 Å². The zero-order chi connectivity index (χ0) is 57.2. The third-order valence-corrected chi connectivity index (χ3v) is 21.4. The van der Waals surface area contributed by atoms with Crippen molar-refractivity contribution in [1.29, 1.82) is 0 Å². The van der Waals surface area contributed by atoms with Crippen molar-refractivity contribution in [3.8, 4) is 0 Å². The molecule has 0 unspecified atom stereocenters. The van der Waals surface area contributed by atoms with Gasteiger partial charge in [0.05, 0.1) is 0 Å². The number of hydrogen-bond donors (Lipinski definition) is 0. The van der Waals surface area contributed by atoms with Crippen molar-refractivity contribution in [3.05, 3.63) is 324 Å². The summed E-state index contributed by atoms with van der Waals surface area (Å²) in [5.41, 5.74) is 15.7. The topological polar surface area (TPSA) is 0 Å². The Balaban J connectivity index is 0.000000146. The Morgan fingerprint density at radius 2 is 0.476 bits per heavy atom. The second-order valence-electron chi connectivity index (χ2n) is 20.9. The smallest absolute Gasteiger partial charge is 1.00 e. The molecule has 0 saturated carbocycles. The molecule has 0 bridgehead atoms. The minimum Gasteiger partial charge on any atom is -1.00 e. The summed E-state index contributed by atoms with van der Waals surface area (Å²) in [6.45, 7) is 13.1. The SMILES string of the molecule is CC1=[C-]CC(c2cccc3ccccc23)=C1.CC1=[C-]CC(c2cccc3ccccc23)=C1.CC1=[C-]CC(c2cccc3ccccc23)=C1.CC1=[C-]CC(c2cccc3ccccc23)=C1.C[Si](=[Zr+2])c1ccccc1.C[Si](=[Zr+2])c1ccccc1.[Cl-].[Cl-]. The van der Waals surface area contributed by atoms with Gasteiger partial charge in [0.1, 0.15) is 0 Å². The van der Waals surface area contributed by atoms with Crippen LogP contribution in [0.25, 0.3) is 65.4 Å². The van der Waals surface area contributed by atoms with Gasteiger partial charge in [0.15, 0.2) is 0 Å². The van der Waals surface area contributed by atoms with Crippen molar-refractivity contribution in [2.24, 2.45) is 0 Å². The predicted molar refractivity (Wildman–Crippen MR) is 351 cm³/mol. The van der Waals surface area contributed by atoms with Crippen LogP contribution in [-0.4, -0.2) is 10.9 Å². The van der Waals surface area contributed by atoms with E-state index in [0.29, 0.717) is 0 Å². The second kappa shape index (κ2) is 33.0. The van der Waals surface area contributed by atoms with Gasteiger partial charge in [0, 0.05) is 0 Å². The first-order valence-electron chi connectivity index (χ1n) is 28.2. The van der Waals surface area contributed by atoms with Gasteiger partial charge < -0.3 is 24.8 Å². The molecule has 10 aromatic carbocycles. The predicted octanol–water partition coefficient (Wildman–Crippen LogP) is 13.6. The number of allylic oxidation sites excluding steroid dienone is 16. The van der Waals surface area contributed by atoms with Crippen LogP contribution in [0.3, 0.4) is 0 Å². The first-order chi connectivity index (χ1) is 40.0. The molecule has 0 saturated heterocycles. The largest absolute Gasteiger partial charge is 1.00 e. The molecule has 14 rings (SSSR count). The van der Waals surface area contributed by atoms with Crippen LogP contribution in [0.5, 0.6) is 0 Å². The van der Waals surface area contributed by atoms with E-state index in [-0.39, 0.29) is 35.7 Å². The molecular weight excluding hydrogens is 1250 g/mol. The van der Waals surface area contributed by atoms with Crippen molar-refractivity contribution in [1.82, 2.24) is 0 Å². The Morgan fingerprint density at radius 3 is 0.667 bits per heavy atom. The van der Waals surface area contributed by atoms with Gasteiger partial charge in [-0.15, -0.1) is 48.0 Å². The van der Waals surface area contributed by atoms with Gasteiger partial charge in [-0.2, -0.15) is 0 Å². The fourth-order valence-electron chi connectivity index (χ4n) is 10.5. The first-order valence-corrected chi connectivity index (χ1v) is 39.6. The molecule has 0 atom stereocenters. The first kappa shape index (κ1) is 65.5. The minimum atomic E-state index is -0.122. The molecule has 84 heavy (non-hydrogen) atoms. The number of fused-ring (bicyclic) bond motifs is 4. The van der Waals surface area contributed by atoms with Gasteiger partial charge in [-0.1, -0.05) is 198 Å². The zero-order valence-corrected chi connectivity index (χ0v) is 57.3. The van der Waals surface area contributed by atoms with E-state index in [9.17, 15) is 0 Å². The Morgan fingerprint density at radius 1 is 0.274 bits per heavy atom. The summed E-state index contributed by atoms with van der Waals surface area (Å²) in [6, 6.07) is 81.7. The van der Waals surface area contributed by atoms with Crippen LogP contribution in [0.2, 0.25) is 13.1 Å². The number of hydrogen-bond acceptors (Lipinski definition) is 0. The maximum absolute atomic E-state index is 3.36. The quantitative estimate of drug-likeness (QED) is 0.115. The summed E-state index contributed by atoms with van der Waals surface area (Å²) in [5, 5.41) is 13.7. The van der Waals surface area contributed by atoms with Gasteiger partial charge in [-0.05, 0) is 65.3 Å². The molecule has 6 heteroatoms. The Bertz CT molecular complexity index is 3680. The molecule has 4 aliphatic carbocycles. The van der Waals surface area contributed by atoms with E-state index in [4.69, 9.17) is 0 Å². The van der Waals surface area contributed by atoms with E-state index in [1.54, 1.807) is 57.0 Å². The summed E-state index contributed by atoms with van der Waals surface area (Å²) in [6.07, 6.45) is 26.2. The summed E-state index contributed by atoms with van der Waals surface area (Å²) in [4.78, 5) is 0. The summed E-state index contributed by atoms with van der Waals surface area (Å²) in [7, 11) is 0. The van der Waals surface area contributed by atoms with E-state index < -0.39 is 0 Å². The summed E-state index contributed by atoms with van der Waals surface area (Å²) >= 11 is 3.38. The molecule has 0 amide bonds. The minimum absolute atomic E-state index is 0. The summed E-state index contributed by atoms with van der Waals surface area (Å²) < 4.78 is 0. The molecule has 412 valence electrons. The zero-order valence-electron chi connectivity index (χ0n) is 48.8. The van der Waals surface area contributed by atoms with E-state index in [2.05, 4.69) is 320 Å². The van der Waals surface area contributed by atoms with Gasteiger partial charge in [-0.25, -0.2) is 46.6 Å².